The number of carbonyl (C=O) groups excluding carboxylic acids is 1. The van der Waals surface area contributed by atoms with Crippen molar-refractivity contribution in [2.75, 3.05) is 13.1 Å². The van der Waals surface area contributed by atoms with Gasteiger partial charge in [0.1, 0.15) is 17.4 Å². The number of aromatic carboxylic acids is 1. The monoisotopic (exact) mass is 395 g/mol. The zero-order valence-electron chi connectivity index (χ0n) is 14.8. The third kappa shape index (κ3) is 4.03. The Bertz CT molecular complexity index is 823. The minimum atomic E-state index is -3.14. The van der Waals surface area contributed by atoms with Crippen LogP contribution in [0, 0.1) is 0 Å². The second-order valence-corrected chi connectivity index (χ2v) is 6.96. The first kappa shape index (κ1) is 19.9. The summed E-state index contributed by atoms with van der Waals surface area (Å²) < 4.78 is 10.8. The number of primary amides is 1. The predicted molar refractivity (Wildman–Crippen MR) is 94.0 cm³/mol. The zero-order valence-corrected chi connectivity index (χ0v) is 14.8. The smallest absolute Gasteiger partial charge is 0.430 e. The third-order valence-corrected chi connectivity index (χ3v) is 4.82. The van der Waals surface area contributed by atoms with Gasteiger partial charge in [-0.15, -0.1) is 0 Å². The zero-order chi connectivity index (χ0) is 20.6. The minimum Gasteiger partial charge on any atom is -0.669 e. The first-order valence-corrected chi connectivity index (χ1v) is 8.67. The molecule has 1 atom stereocenters. The molecule has 1 amide bonds. The van der Waals surface area contributed by atoms with Crippen molar-refractivity contribution in [2.45, 2.75) is 31.3 Å². The Balaban J connectivity index is 1.75. The van der Waals surface area contributed by atoms with E-state index >= 15 is 0 Å². The molecule has 152 valence electrons. The summed E-state index contributed by atoms with van der Waals surface area (Å²) in [7, 11) is 0. The van der Waals surface area contributed by atoms with Crippen molar-refractivity contribution in [3.05, 3.63) is 23.3 Å². The number of rotatable bonds is 7. The summed E-state index contributed by atoms with van der Waals surface area (Å²) in [4.78, 5) is 35.5. The van der Waals surface area contributed by atoms with Crippen molar-refractivity contribution in [3.8, 4) is 11.5 Å². The highest BCUT2D eigenvalue weighted by Crippen LogP contribution is 2.39. The molecule has 0 spiro atoms. The number of likely N-dealkylation sites (tertiary alicyclic amines) is 1. The molecule has 0 aromatic heterocycles. The van der Waals surface area contributed by atoms with E-state index in [-0.39, 0.29) is 42.9 Å². The number of carboxylic acid groups (broad SMARTS) is 2. The maximum atomic E-state index is 11.7. The van der Waals surface area contributed by atoms with E-state index in [1.807, 2.05) is 0 Å². The largest absolute Gasteiger partial charge is 0.669 e. The van der Waals surface area contributed by atoms with Gasteiger partial charge in [-0.3, -0.25) is 14.5 Å². The third-order valence-electron chi connectivity index (χ3n) is 4.82. The van der Waals surface area contributed by atoms with E-state index in [0.717, 1.165) is 0 Å². The van der Waals surface area contributed by atoms with Crippen LogP contribution < -0.4 is 15.1 Å². The summed E-state index contributed by atoms with van der Waals surface area (Å²) in [6, 6.07) is 2.08. The van der Waals surface area contributed by atoms with Gasteiger partial charge in [0.05, 0.1) is 18.2 Å². The number of carbonyl (C=O) groups is 3. The number of nitrogens with two attached hydrogens (primary N) is 1. The average molecular weight is 395 g/mol. The lowest BCUT2D eigenvalue weighted by Crippen LogP contribution is -2.61. The van der Waals surface area contributed by atoms with Crippen LogP contribution >= 0.6 is 0 Å². The molecular weight excluding hydrogens is 375 g/mol. The molecule has 1 saturated heterocycles. The standard InChI is InChI=1S/C16H20BN2O9/c18-15(22)10(5-12(20)21)19-6-9(7-19)27-11-2-1-8-3-4-17(25,26)28-14(8)13(11)16(23)24/h1-2,9-10,25-26H,3-7H2,(H2,18,22)(H,20,21)(H,23,24)/q-1. The Hall–Kier alpha value is -2.83. The quantitative estimate of drug-likeness (QED) is 0.346. The highest BCUT2D eigenvalue weighted by Gasteiger charge is 2.39. The minimum absolute atomic E-state index is 0.0155. The Morgan fingerprint density at radius 3 is 2.54 bits per heavy atom. The fourth-order valence-corrected chi connectivity index (χ4v) is 3.38. The van der Waals surface area contributed by atoms with Crippen LogP contribution in [0.3, 0.4) is 0 Å². The Morgan fingerprint density at radius 2 is 1.96 bits per heavy atom. The van der Waals surface area contributed by atoms with E-state index in [2.05, 4.69) is 0 Å². The van der Waals surface area contributed by atoms with Gasteiger partial charge in [0, 0.05) is 13.1 Å². The first-order valence-electron chi connectivity index (χ1n) is 8.67. The Kier molecular flexibility index (Phi) is 5.19. The number of hydrogen-bond donors (Lipinski definition) is 5. The number of carboxylic acids is 2. The lowest BCUT2D eigenvalue weighted by atomic mass is 9.70. The summed E-state index contributed by atoms with van der Waals surface area (Å²) in [6.07, 6.45) is -0.724. The molecule has 0 bridgehead atoms. The van der Waals surface area contributed by atoms with Gasteiger partial charge < -0.3 is 35.4 Å². The van der Waals surface area contributed by atoms with Gasteiger partial charge in [0.2, 0.25) is 5.91 Å². The Morgan fingerprint density at radius 1 is 1.29 bits per heavy atom. The molecule has 2 aliphatic rings. The molecule has 6 N–H and O–H groups in total. The van der Waals surface area contributed by atoms with Crippen molar-refractivity contribution in [1.29, 1.82) is 0 Å². The second-order valence-electron chi connectivity index (χ2n) is 6.96. The topological polar surface area (TPSA) is 180 Å². The molecule has 0 aliphatic carbocycles. The van der Waals surface area contributed by atoms with Gasteiger partial charge in [-0.25, -0.2) is 4.79 Å². The van der Waals surface area contributed by atoms with E-state index < -0.39 is 43.2 Å². The van der Waals surface area contributed by atoms with Crippen LogP contribution in [-0.2, 0) is 16.0 Å². The maximum Gasteiger partial charge on any atom is 0.430 e. The number of benzene rings is 1. The highest BCUT2D eigenvalue weighted by atomic mass is 16.6. The van der Waals surface area contributed by atoms with Crippen LogP contribution in [0.1, 0.15) is 22.3 Å². The first-order chi connectivity index (χ1) is 13.1. The van der Waals surface area contributed by atoms with E-state index in [1.165, 1.54) is 11.0 Å². The summed E-state index contributed by atoms with van der Waals surface area (Å²) in [5, 5.41) is 37.9. The van der Waals surface area contributed by atoms with Crippen molar-refractivity contribution in [2.24, 2.45) is 5.73 Å². The molecule has 2 heterocycles. The van der Waals surface area contributed by atoms with Gasteiger partial charge in [-0.1, -0.05) is 12.4 Å². The van der Waals surface area contributed by atoms with Crippen LogP contribution in [0.5, 0.6) is 11.5 Å². The van der Waals surface area contributed by atoms with Crippen LogP contribution in [0.2, 0.25) is 6.32 Å². The number of ether oxygens (including phenoxy) is 1. The predicted octanol–water partition coefficient (Wildman–Crippen LogP) is -1.37. The molecule has 0 saturated carbocycles. The van der Waals surface area contributed by atoms with Crippen LogP contribution in [0.15, 0.2) is 12.1 Å². The maximum absolute atomic E-state index is 11.7. The highest BCUT2D eigenvalue weighted by molar-refractivity contribution is 6.59. The molecule has 12 heteroatoms. The van der Waals surface area contributed by atoms with Crippen molar-refractivity contribution in [1.82, 2.24) is 4.90 Å². The lowest BCUT2D eigenvalue weighted by molar-refractivity contribution is -0.143. The van der Waals surface area contributed by atoms with Crippen molar-refractivity contribution < 1.29 is 44.0 Å². The lowest BCUT2D eigenvalue weighted by Gasteiger charge is -2.43. The molecule has 0 radical (unpaired) electrons. The number of amides is 1. The van der Waals surface area contributed by atoms with E-state index in [9.17, 15) is 29.5 Å². The number of nitrogens with zero attached hydrogens (tertiary/aromatic N) is 1. The average Bonchev–Trinajstić information content (AvgIpc) is 2.53. The molecule has 1 unspecified atom stereocenters. The molecule has 11 nitrogen and oxygen atoms in total. The van der Waals surface area contributed by atoms with Crippen molar-refractivity contribution >= 4 is 24.6 Å². The molecule has 3 rings (SSSR count). The molecule has 1 aromatic carbocycles. The summed E-state index contributed by atoms with van der Waals surface area (Å²) in [5.41, 5.74) is 5.44. The number of hydrogen-bond acceptors (Lipinski definition) is 8. The SMILES string of the molecule is NC(=O)C(CC(=O)O)N1CC(Oc2ccc3c(c2C(=O)O)O[B-](O)(O)CC3)C1. The summed E-state index contributed by atoms with van der Waals surface area (Å²) >= 11 is 0. The van der Waals surface area contributed by atoms with Crippen LogP contribution in [0.25, 0.3) is 0 Å². The van der Waals surface area contributed by atoms with E-state index in [0.29, 0.717) is 5.56 Å². The number of aliphatic carboxylic acids is 1. The molecule has 28 heavy (non-hydrogen) atoms. The van der Waals surface area contributed by atoms with Gasteiger partial charge in [-0.05, 0) is 18.1 Å². The Labute approximate surface area is 159 Å². The van der Waals surface area contributed by atoms with E-state index in [4.69, 9.17) is 20.2 Å². The number of fused-ring (bicyclic) bond motifs is 1. The van der Waals surface area contributed by atoms with Crippen LogP contribution in [-0.4, -0.2) is 75.0 Å². The summed E-state index contributed by atoms with van der Waals surface area (Å²) in [5.74, 6) is -3.43. The second kappa shape index (κ2) is 7.30. The van der Waals surface area contributed by atoms with Gasteiger partial charge in [0.25, 0.3) is 0 Å². The van der Waals surface area contributed by atoms with E-state index in [1.54, 1.807) is 6.07 Å². The van der Waals surface area contributed by atoms with Gasteiger partial charge >= 0.3 is 18.7 Å². The number of aryl methyl sites for hydroxylation is 1. The van der Waals surface area contributed by atoms with Crippen LogP contribution in [0.4, 0.5) is 0 Å². The molecule has 1 aromatic rings. The van der Waals surface area contributed by atoms with Gasteiger partial charge in [0.15, 0.2) is 0 Å². The molecular formula is C16H20BN2O9-. The molecule has 1 fully saturated rings. The fourth-order valence-electron chi connectivity index (χ4n) is 3.38. The van der Waals surface area contributed by atoms with Crippen molar-refractivity contribution in [3.63, 3.8) is 0 Å². The molecule has 2 aliphatic heterocycles. The van der Waals surface area contributed by atoms with Gasteiger partial charge in [-0.2, -0.15) is 0 Å². The normalized spacial score (nSPS) is 19.6. The fraction of sp³-hybridized carbons (Fsp3) is 0.438. The summed E-state index contributed by atoms with van der Waals surface area (Å²) in [6.45, 7) is -2.77.